The molecule has 1 aliphatic heterocycles. The lowest BCUT2D eigenvalue weighted by molar-refractivity contribution is -0.128. The van der Waals surface area contributed by atoms with E-state index in [9.17, 15) is 4.79 Å². The smallest absolute Gasteiger partial charge is 0.256 e. The summed E-state index contributed by atoms with van der Waals surface area (Å²) >= 11 is 1.43. The Labute approximate surface area is 133 Å². The van der Waals surface area contributed by atoms with E-state index in [1.54, 1.807) is 0 Å². The molecule has 2 N–H and O–H groups in total. The number of carbonyl (C=O) groups is 1. The number of hydrogen-bond donors (Lipinski definition) is 2. The molecule has 0 spiro atoms. The van der Waals surface area contributed by atoms with Gasteiger partial charge in [-0.25, -0.2) is 4.98 Å². The molecular weight excluding hydrogens is 298 g/mol. The van der Waals surface area contributed by atoms with Gasteiger partial charge in [0.25, 0.3) is 5.91 Å². The third kappa shape index (κ3) is 3.52. The summed E-state index contributed by atoms with van der Waals surface area (Å²) in [5, 5.41) is 8.53. The Kier molecular flexibility index (Phi) is 4.82. The normalized spacial score (nSPS) is 18.1. The van der Waals surface area contributed by atoms with E-state index in [0.717, 1.165) is 24.2 Å². The topological polar surface area (TPSA) is 63.2 Å². The average Bonchev–Trinajstić information content (AvgIpc) is 3.04. The van der Waals surface area contributed by atoms with E-state index in [1.165, 1.54) is 16.9 Å². The van der Waals surface area contributed by atoms with Crippen molar-refractivity contribution < 1.29 is 9.53 Å². The highest BCUT2D eigenvalue weighted by Crippen LogP contribution is 2.25. The summed E-state index contributed by atoms with van der Waals surface area (Å²) in [5.41, 5.74) is 3.24. The molecular formula is C16H19N3O2S. The Hall–Kier alpha value is -1.76. The van der Waals surface area contributed by atoms with Gasteiger partial charge in [-0.1, -0.05) is 31.2 Å². The average molecular weight is 317 g/mol. The predicted octanol–water partition coefficient (Wildman–Crippen LogP) is 2.30. The van der Waals surface area contributed by atoms with Gasteiger partial charge in [0, 0.05) is 24.0 Å². The van der Waals surface area contributed by atoms with Crippen LogP contribution in [0.4, 0.5) is 5.13 Å². The van der Waals surface area contributed by atoms with Crippen LogP contribution in [0.5, 0.6) is 0 Å². The van der Waals surface area contributed by atoms with Gasteiger partial charge in [-0.2, -0.15) is 0 Å². The highest BCUT2D eigenvalue weighted by Gasteiger charge is 2.22. The van der Waals surface area contributed by atoms with Gasteiger partial charge in [0.2, 0.25) is 0 Å². The number of nitrogens with one attached hydrogen (secondary N) is 2. The zero-order chi connectivity index (χ0) is 15.4. The standard InChI is InChI=1S/C16H19N3O2S/c1-2-11-3-5-12(6-4-11)13-10-22-16(18-13)19-15(20)14-9-17-7-8-21-14/h3-6,10,14,17H,2,7-9H2,1H3,(H,18,19,20). The monoisotopic (exact) mass is 317 g/mol. The number of aromatic nitrogens is 1. The van der Waals surface area contributed by atoms with Gasteiger partial charge in [-0.15, -0.1) is 11.3 Å². The minimum absolute atomic E-state index is 0.144. The first-order valence-corrected chi connectivity index (χ1v) is 8.32. The number of aryl methyl sites for hydroxylation is 1. The third-order valence-electron chi connectivity index (χ3n) is 3.61. The highest BCUT2D eigenvalue weighted by molar-refractivity contribution is 7.14. The number of rotatable bonds is 4. The van der Waals surface area contributed by atoms with Crippen molar-refractivity contribution in [1.29, 1.82) is 0 Å². The van der Waals surface area contributed by atoms with E-state index in [1.807, 2.05) is 5.38 Å². The van der Waals surface area contributed by atoms with E-state index in [-0.39, 0.29) is 5.91 Å². The van der Waals surface area contributed by atoms with Crippen molar-refractivity contribution in [1.82, 2.24) is 10.3 Å². The lowest BCUT2D eigenvalue weighted by Crippen LogP contribution is -2.45. The van der Waals surface area contributed by atoms with Gasteiger partial charge >= 0.3 is 0 Å². The Balaban J connectivity index is 1.66. The second-order valence-electron chi connectivity index (χ2n) is 5.14. The molecule has 1 fully saturated rings. The molecule has 22 heavy (non-hydrogen) atoms. The van der Waals surface area contributed by atoms with Crippen LogP contribution in [0.3, 0.4) is 0 Å². The maximum Gasteiger partial charge on any atom is 0.256 e. The fourth-order valence-corrected chi connectivity index (χ4v) is 3.02. The molecule has 1 aromatic carbocycles. The molecule has 5 nitrogen and oxygen atoms in total. The molecule has 1 atom stereocenters. The molecule has 2 aromatic rings. The predicted molar refractivity (Wildman–Crippen MR) is 88.2 cm³/mol. The van der Waals surface area contributed by atoms with Crippen LogP contribution >= 0.6 is 11.3 Å². The van der Waals surface area contributed by atoms with Crippen LogP contribution in [-0.2, 0) is 16.0 Å². The SMILES string of the molecule is CCc1ccc(-c2csc(NC(=O)C3CNCCO3)n2)cc1. The molecule has 1 aliphatic rings. The molecule has 2 heterocycles. The molecule has 1 saturated heterocycles. The second kappa shape index (κ2) is 7.00. The van der Waals surface area contributed by atoms with Crippen molar-refractivity contribution in [2.24, 2.45) is 0 Å². The van der Waals surface area contributed by atoms with E-state index in [2.05, 4.69) is 46.8 Å². The summed E-state index contributed by atoms with van der Waals surface area (Å²) in [5.74, 6) is -0.144. The maximum absolute atomic E-state index is 12.1. The quantitative estimate of drug-likeness (QED) is 0.908. The van der Waals surface area contributed by atoms with Crippen molar-refractivity contribution in [2.75, 3.05) is 25.0 Å². The number of morpholine rings is 1. The summed E-state index contributed by atoms with van der Waals surface area (Å²) in [6.45, 7) is 4.03. The zero-order valence-electron chi connectivity index (χ0n) is 12.5. The van der Waals surface area contributed by atoms with Gasteiger partial charge in [-0.05, 0) is 12.0 Å². The van der Waals surface area contributed by atoms with Crippen molar-refractivity contribution in [3.05, 3.63) is 35.2 Å². The fraction of sp³-hybridized carbons (Fsp3) is 0.375. The molecule has 1 amide bonds. The molecule has 0 bridgehead atoms. The summed E-state index contributed by atoms with van der Waals surface area (Å²) < 4.78 is 5.43. The number of carbonyl (C=O) groups excluding carboxylic acids is 1. The fourth-order valence-electron chi connectivity index (χ4n) is 2.29. The Morgan fingerprint density at radius 1 is 1.45 bits per heavy atom. The van der Waals surface area contributed by atoms with Crippen LogP contribution in [0.1, 0.15) is 12.5 Å². The molecule has 1 unspecified atom stereocenters. The Morgan fingerprint density at radius 3 is 2.95 bits per heavy atom. The first kappa shape index (κ1) is 15.1. The first-order valence-electron chi connectivity index (χ1n) is 7.44. The van der Waals surface area contributed by atoms with Crippen molar-refractivity contribution in [3.63, 3.8) is 0 Å². The van der Waals surface area contributed by atoms with Crippen LogP contribution in [-0.4, -0.2) is 36.7 Å². The number of thiazole rings is 1. The largest absolute Gasteiger partial charge is 0.366 e. The minimum atomic E-state index is -0.440. The first-order chi connectivity index (χ1) is 10.8. The molecule has 0 radical (unpaired) electrons. The second-order valence-corrected chi connectivity index (χ2v) is 6.00. The van der Waals surface area contributed by atoms with Gasteiger partial charge in [0.1, 0.15) is 6.10 Å². The van der Waals surface area contributed by atoms with E-state index in [0.29, 0.717) is 18.3 Å². The van der Waals surface area contributed by atoms with Crippen LogP contribution in [0.2, 0.25) is 0 Å². The lowest BCUT2D eigenvalue weighted by Gasteiger charge is -2.22. The van der Waals surface area contributed by atoms with Crippen molar-refractivity contribution >= 4 is 22.4 Å². The number of nitrogens with zero attached hydrogens (tertiary/aromatic N) is 1. The van der Waals surface area contributed by atoms with Gasteiger partial charge in [-0.3, -0.25) is 10.1 Å². The molecule has 0 saturated carbocycles. The number of anilines is 1. The molecule has 6 heteroatoms. The van der Waals surface area contributed by atoms with Crippen LogP contribution in [0, 0.1) is 0 Å². The highest BCUT2D eigenvalue weighted by atomic mass is 32.1. The molecule has 116 valence electrons. The summed E-state index contributed by atoms with van der Waals surface area (Å²) in [7, 11) is 0. The molecule has 3 rings (SSSR count). The number of hydrogen-bond acceptors (Lipinski definition) is 5. The Morgan fingerprint density at radius 2 is 2.27 bits per heavy atom. The number of ether oxygens (including phenoxy) is 1. The third-order valence-corrected chi connectivity index (χ3v) is 4.37. The molecule has 1 aromatic heterocycles. The molecule has 0 aliphatic carbocycles. The van der Waals surface area contributed by atoms with E-state index >= 15 is 0 Å². The summed E-state index contributed by atoms with van der Waals surface area (Å²) in [6, 6.07) is 8.34. The van der Waals surface area contributed by atoms with Crippen molar-refractivity contribution in [2.45, 2.75) is 19.4 Å². The lowest BCUT2D eigenvalue weighted by atomic mass is 10.1. The number of benzene rings is 1. The van der Waals surface area contributed by atoms with Gasteiger partial charge in [0.05, 0.1) is 12.3 Å². The van der Waals surface area contributed by atoms with Crippen molar-refractivity contribution in [3.8, 4) is 11.3 Å². The van der Waals surface area contributed by atoms with Crippen LogP contribution in [0.25, 0.3) is 11.3 Å². The minimum Gasteiger partial charge on any atom is -0.366 e. The zero-order valence-corrected chi connectivity index (χ0v) is 13.3. The van der Waals surface area contributed by atoms with Crippen LogP contribution < -0.4 is 10.6 Å². The summed E-state index contributed by atoms with van der Waals surface area (Å²) in [6.07, 6.45) is 0.582. The summed E-state index contributed by atoms with van der Waals surface area (Å²) in [4.78, 5) is 16.6. The Bertz CT molecular complexity index is 633. The van der Waals surface area contributed by atoms with Crippen LogP contribution in [0.15, 0.2) is 29.6 Å². The van der Waals surface area contributed by atoms with E-state index < -0.39 is 6.10 Å². The van der Waals surface area contributed by atoms with Gasteiger partial charge in [0.15, 0.2) is 5.13 Å². The maximum atomic E-state index is 12.1. The van der Waals surface area contributed by atoms with Gasteiger partial charge < -0.3 is 10.1 Å². The van der Waals surface area contributed by atoms with E-state index in [4.69, 9.17) is 4.74 Å². The number of amides is 1.